The molecule has 1 fully saturated rings. The highest BCUT2D eigenvalue weighted by Gasteiger charge is 2.47. The fourth-order valence-corrected chi connectivity index (χ4v) is 4.46. The van der Waals surface area contributed by atoms with E-state index in [-0.39, 0.29) is 23.7 Å². The zero-order chi connectivity index (χ0) is 25.4. The molecule has 0 spiro atoms. The van der Waals surface area contributed by atoms with Crippen molar-refractivity contribution in [2.75, 3.05) is 11.5 Å². The Morgan fingerprint density at radius 3 is 2.39 bits per heavy atom. The van der Waals surface area contributed by atoms with Gasteiger partial charge in [-0.25, -0.2) is 4.79 Å². The number of fused-ring (bicyclic) bond motifs is 1. The quantitative estimate of drug-likeness (QED) is 0.164. The molecule has 8 heteroatoms. The lowest BCUT2D eigenvalue weighted by molar-refractivity contribution is -0.132. The number of nitrogens with zero attached hydrogens (tertiary/aromatic N) is 1. The van der Waals surface area contributed by atoms with E-state index in [4.69, 9.17) is 4.74 Å². The first kappa shape index (κ1) is 22.9. The lowest BCUT2D eigenvalue weighted by Gasteiger charge is -2.25. The number of phenols is 1. The summed E-state index contributed by atoms with van der Waals surface area (Å²) in [5.74, 6) is -2.45. The molecule has 1 aromatic heterocycles. The number of amides is 1. The largest absolute Gasteiger partial charge is 0.508 e. The Hall–Kier alpha value is -4.85. The molecule has 1 saturated heterocycles. The topological polar surface area (TPSA) is 120 Å². The summed E-state index contributed by atoms with van der Waals surface area (Å²) in [7, 11) is 0. The number of hydrogen-bond acceptors (Lipinski definition) is 6. The molecule has 0 saturated carbocycles. The number of carbonyl (C=O) groups is 3. The van der Waals surface area contributed by atoms with Crippen molar-refractivity contribution in [2.45, 2.75) is 13.0 Å². The van der Waals surface area contributed by atoms with Gasteiger partial charge in [-0.1, -0.05) is 30.3 Å². The molecule has 3 aromatic carbocycles. The second-order valence-corrected chi connectivity index (χ2v) is 8.28. The maximum Gasteiger partial charge on any atom is 0.338 e. The molecule has 8 nitrogen and oxygen atoms in total. The van der Waals surface area contributed by atoms with Gasteiger partial charge in [-0.15, -0.1) is 0 Å². The lowest BCUT2D eigenvalue weighted by atomic mass is 9.95. The second-order valence-electron chi connectivity index (χ2n) is 8.28. The van der Waals surface area contributed by atoms with Crippen LogP contribution in [0.5, 0.6) is 5.75 Å². The van der Waals surface area contributed by atoms with E-state index in [1.54, 1.807) is 43.5 Å². The van der Waals surface area contributed by atoms with E-state index < -0.39 is 23.7 Å². The van der Waals surface area contributed by atoms with Gasteiger partial charge in [0.05, 0.1) is 23.8 Å². The van der Waals surface area contributed by atoms with Crippen molar-refractivity contribution in [3.63, 3.8) is 0 Å². The molecule has 36 heavy (non-hydrogen) atoms. The third-order valence-electron chi connectivity index (χ3n) is 6.15. The van der Waals surface area contributed by atoms with Gasteiger partial charge >= 0.3 is 5.97 Å². The number of aromatic amines is 1. The van der Waals surface area contributed by atoms with Crippen molar-refractivity contribution in [3.05, 3.63) is 101 Å². The minimum Gasteiger partial charge on any atom is -0.508 e. The summed E-state index contributed by atoms with van der Waals surface area (Å²) in [4.78, 5) is 43.1. The maximum absolute atomic E-state index is 13.3. The van der Waals surface area contributed by atoms with E-state index in [0.29, 0.717) is 27.8 Å². The Morgan fingerprint density at radius 2 is 1.69 bits per heavy atom. The smallest absolute Gasteiger partial charge is 0.338 e. The zero-order valence-electron chi connectivity index (χ0n) is 19.3. The number of hydrogen-bond donors (Lipinski definition) is 3. The molecule has 1 aliphatic rings. The third-order valence-corrected chi connectivity index (χ3v) is 6.15. The number of nitrogens with one attached hydrogen (secondary N) is 1. The van der Waals surface area contributed by atoms with E-state index in [1.807, 2.05) is 18.2 Å². The number of aromatic nitrogens is 1. The van der Waals surface area contributed by atoms with E-state index in [9.17, 15) is 24.6 Å². The zero-order valence-corrected chi connectivity index (χ0v) is 19.3. The molecule has 3 N–H and O–H groups in total. The molecule has 5 rings (SSSR count). The van der Waals surface area contributed by atoms with Gasteiger partial charge in [0.1, 0.15) is 11.5 Å². The molecule has 1 atom stereocenters. The molecular formula is C28H22N2O6. The minimum atomic E-state index is -0.965. The Balaban J connectivity index is 1.67. The predicted molar refractivity (Wildman–Crippen MR) is 134 cm³/mol. The van der Waals surface area contributed by atoms with Crippen molar-refractivity contribution < 1.29 is 29.3 Å². The monoisotopic (exact) mass is 482 g/mol. The molecular weight excluding hydrogens is 460 g/mol. The van der Waals surface area contributed by atoms with Crippen molar-refractivity contribution in [1.29, 1.82) is 0 Å². The van der Waals surface area contributed by atoms with Crippen LogP contribution >= 0.6 is 0 Å². The number of anilines is 1. The van der Waals surface area contributed by atoms with Gasteiger partial charge in [0.2, 0.25) is 0 Å². The van der Waals surface area contributed by atoms with Gasteiger partial charge in [0.25, 0.3) is 11.7 Å². The number of aliphatic hydroxyl groups excluding tert-OH is 1. The summed E-state index contributed by atoms with van der Waals surface area (Å²) in [6, 6.07) is 18.6. The molecule has 180 valence electrons. The van der Waals surface area contributed by atoms with Gasteiger partial charge in [-0.2, -0.15) is 0 Å². The molecule has 1 amide bonds. The van der Waals surface area contributed by atoms with Crippen LogP contribution < -0.4 is 4.90 Å². The van der Waals surface area contributed by atoms with Gasteiger partial charge in [0, 0.05) is 28.4 Å². The summed E-state index contributed by atoms with van der Waals surface area (Å²) in [5.41, 5.74) is 2.26. The van der Waals surface area contributed by atoms with E-state index in [1.165, 1.54) is 29.2 Å². The molecule has 1 unspecified atom stereocenters. The number of phenolic OH excluding ortho intramolecular Hbond substituents is 1. The van der Waals surface area contributed by atoms with E-state index in [0.717, 1.165) is 5.52 Å². The summed E-state index contributed by atoms with van der Waals surface area (Å²) in [5, 5.41) is 21.9. The van der Waals surface area contributed by atoms with Crippen LogP contribution in [0.25, 0.3) is 16.7 Å². The lowest BCUT2D eigenvalue weighted by Crippen LogP contribution is -2.29. The number of benzene rings is 3. The Labute approximate surface area is 206 Å². The number of para-hydroxylation sites is 1. The van der Waals surface area contributed by atoms with Crippen LogP contribution in [0.4, 0.5) is 5.69 Å². The first-order valence-corrected chi connectivity index (χ1v) is 11.3. The predicted octanol–water partition coefficient (Wildman–Crippen LogP) is 4.68. The van der Waals surface area contributed by atoms with Gasteiger partial charge in [-0.3, -0.25) is 14.5 Å². The number of ketones is 1. The molecule has 0 aliphatic carbocycles. The molecule has 1 aliphatic heterocycles. The number of rotatable bonds is 5. The number of Topliss-reactive ketones (excluding diaryl/α,β-unsaturated/α-hetero) is 1. The fourth-order valence-electron chi connectivity index (χ4n) is 4.46. The SMILES string of the molecule is CCOC(=O)c1ccc(N2C(=O)C(=O)/C(=C(\O)c3c[nH]c4ccccc34)C2c2ccc(O)cc2)cc1. The minimum absolute atomic E-state index is 0.0196. The van der Waals surface area contributed by atoms with Crippen molar-refractivity contribution in [1.82, 2.24) is 4.98 Å². The van der Waals surface area contributed by atoms with Crippen LogP contribution in [0, 0.1) is 0 Å². The average molecular weight is 482 g/mol. The summed E-state index contributed by atoms with van der Waals surface area (Å²) < 4.78 is 5.02. The number of aromatic hydroxyl groups is 1. The van der Waals surface area contributed by atoms with Crippen LogP contribution in [0.2, 0.25) is 0 Å². The normalized spacial score (nSPS) is 17.0. The first-order chi connectivity index (χ1) is 17.4. The Bertz CT molecular complexity index is 1520. The van der Waals surface area contributed by atoms with Crippen molar-refractivity contribution in [2.24, 2.45) is 0 Å². The third kappa shape index (κ3) is 3.78. The summed E-state index contributed by atoms with van der Waals surface area (Å²) in [6.45, 7) is 1.93. The van der Waals surface area contributed by atoms with E-state index in [2.05, 4.69) is 4.98 Å². The van der Waals surface area contributed by atoms with Gasteiger partial charge in [-0.05, 0) is 55.0 Å². The number of aliphatic hydroxyl groups is 1. The molecule has 0 bridgehead atoms. The summed E-state index contributed by atoms with van der Waals surface area (Å²) in [6.07, 6.45) is 1.59. The Kier molecular flexibility index (Phi) is 5.77. The van der Waals surface area contributed by atoms with E-state index >= 15 is 0 Å². The number of esters is 1. The van der Waals surface area contributed by atoms with Crippen LogP contribution in [0.1, 0.15) is 34.5 Å². The molecule has 2 heterocycles. The highest BCUT2D eigenvalue weighted by atomic mass is 16.5. The molecule has 0 radical (unpaired) electrons. The Morgan fingerprint density at radius 1 is 1.00 bits per heavy atom. The number of ether oxygens (including phenoxy) is 1. The maximum atomic E-state index is 13.3. The first-order valence-electron chi connectivity index (χ1n) is 11.3. The van der Waals surface area contributed by atoms with Crippen molar-refractivity contribution >= 4 is 40.0 Å². The van der Waals surface area contributed by atoms with Gasteiger partial charge in [0.15, 0.2) is 0 Å². The van der Waals surface area contributed by atoms with Crippen LogP contribution in [0.3, 0.4) is 0 Å². The summed E-state index contributed by atoms with van der Waals surface area (Å²) >= 11 is 0. The molecule has 4 aromatic rings. The highest BCUT2D eigenvalue weighted by Crippen LogP contribution is 2.43. The average Bonchev–Trinajstić information content (AvgIpc) is 3.43. The van der Waals surface area contributed by atoms with Crippen LogP contribution in [-0.4, -0.2) is 39.5 Å². The fraction of sp³-hybridized carbons (Fsp3) is 0.107. The van der Waals surface area contributed by atoms with Crippen LogP contribution in [0.15, 0.2) is 84.6 Å². The standard InChI is InChI=1S/C28H22N2O6/c1-2-36-28(35)17-7-11-18(12-8-17)30-24(16-9-13-19(31)14-10-16)23(26(33)27(30)34)25(32)21-15-29-22-6-4-3-5-20(21)22/h3-15,24,29,31-32H,2H2,1H3/b25-23-. The van der Waals surface area contributed by atoms with Crippen molar-refractivity contribution in [3.8, 4) is 5.75 Å². The van der Waals surface area contributed by atoms with Gasteiger partial charge < -0.3 is 19.9 Å². The highest BCUT2D eigenvalue weighted by molar-refractivity contribution is 6.51. The van der Waals surface area contributed by atoms with Crippen LogP contribution in [-0.2, 0) is 14.3 Å². The number of carbonyl (C=O) groups excluding carboxylic acids is 3. The second kappa shape index (κ2) is 9.07. The number of H-pyrrole nitrogens is 1.